The summed E-state index contributed by atoms with van der Waals surface area (Å²) in [6, 6.07) is 7.68. The molecule has 1 fully saturated rings. The van der Waals surface area contributed by atoms with Crippen LogP contribution in [-0.4, -0.2) is 35.2 Å². The molecule has 5 nitrogen and oxygen atoms in total. The second kappa shape index (κ2) is 5.21. The number of hydrogen-bond donors (Lipinski definition) is 2. The van der Waals surface area contributed by atoms with E-state index < -0.39 is 17.4 Å². The zero-order valence-corrected chi connectivity index (χ0v) is 11.8. The second-order valence-electron chi connectivity index (χ2n) is 4.66. The molecule has 1 aromatic carbocycles. The molecular weight excluding hydrogens is 314 g/mol. The Morgan fingerprint density at radius 3 is 2.21 bits per heavy atom. The summed E-state index contributed by atoms with van der Waals surface area (Å²) in [5.74, 6) is -2.48. The van der Waals surface area contributed by atoms with Crippen molar-refractivity contribution < 1.29 is 19.8 Å². The summed E-state index contributed by atoms with van der Waals surface area (Å²) in [7, 11) is 0. The second-order valence-corrected chi connectivity index (χ2v) is 5.58. The van der Waals surface area contributed by atoms with Gasteiger partial charge in [0.15, 0.2) is 5.41 Å². The van der Waals surface area contributed by atoms with Gasteiger partial charge in [-0.05, 0) is 31.0 Å². The molecule has 0 aliphatic carbocycles. The molecule has 19 heavy (non-hydrogen) atoms. The standard InChI is InChI=1S/C13H14BrNO4/c14-9-2-1-3-10(8-9)15-6-4-13(5-7-15,11(16)17)12(18)19/h1-3,8H,4-7H2,(H,16,17)(H,18,19). The average Bonchev–Trinajstić information content (AvgIpc) is 2.38. The number of hydrogen-bond acceptors (Lipinski definition) is 3. The maximum Gasteiger partial charge on any atom is 0.321 e. The molecule has 1 aliphatic rings. The van der Waals surface area contributed by atoms with Gasteiger partial charge in [0.2, 0.25) is 0 Å². The van der Waals surface area contributed by atoms with E-state index in [0.29, 0.717) is 13.1 Å². The third-order valence-electron chi connectivity index (χ3n) is 3.61. The van der Waals surface area contributed by atoms with Crippen LogP contribution in [0.25, 0.3) is 0 Å². The normalized spacial score (nSPS) is 18.1. The van der Waals surface area contributed by atoms with Gasteiger partial charge in [-0.3, -0.25) is 9.59 Å². The van der Waals surface area contributed by atoms with Crippen molar-refractivity contribution in [2.75, 3.05) is 18.0 Å². The fourth-order valence-electron chi connectivity index (χ4n) is 2.34. The lowest BCUT2D eigenvalue weighted by Gasteiger charge is -2.37. The van der Waals surface area contributed by atoms with Crippen LogP contribution in [0.3, 0.4) is 0 Å². The minimum absolute atomic E-state index is 0.115. The van der Waals surface area contributed by atoms with Crippen molar-refractivity contribution in [3.05, 3.63) is 28.7 Å². The van der Waals surface area contributed by atoms with Crippen molar-refractivity contribution in [1.29, 1.82) is 0 Å². The topological polar surface area (TPSA) is 77.8 Å². The molecule has 2 rings (SSSR count). The molecular formula is C13H14BrNO4. The van der Waals surface area contributed by atoms with Crippen LogP contribution in [0.1, 0.15) is 12.8 Å². The molecule has 6 heteroatoms. The number of benzene rings is 1. The highest BCUT2D eigenvalue weighted by atomic mass is 79.9. The summed E-state index contributed by atoms with van der Waals surface area (Å²) in [4.78, 5) is 24.4. The Hall–Kier alpha value is -1.56. The van der Waals surface area contributed by atoms with Crippen LogP contribution in [0.2, 0.25) is 0 Å². The quantitative estimate of drug-likeness (QED) is 0.832. The van der Waals surface area contributed by atoms with E-state index in [1.54, 1.807) is 0 Å². The van der Waals surface area contributed by atoms with E-state index in [9.17, 15) is 9.59 Å². The number of carboxylic acids is 2. The van der Waals surface area contributed by atoms with Crippen molar-refractivity contribution in [2.45, 2.75) is 12.8 Å². The number of nitrogens with zero attached hydrogens (tertiary/aromatic N) is 1. The highest BCUT2D eigenvalue weighted by molar-refractivity contribution is 9.10. The van der Waals surface area contributed by atoms with E-state index in [4.69, 9.17) is 10.2 Å². The van der Waals surface area contributed by atoms with Gasteiger partial charge in [-0.1, -0.05) is 22.0 Å². The first-order valence-electron chi connectivity index (χ1n) is 5.93. The van der Waals surface area contributed by atoms with Crippen LogP contribution in [-0.2, 0) is 9.59 Å². The molecule has 102 valence electrons. The van der Waals surface area contributed by atoms with E-state index in [2.05, 4.69) is 15.9 Å². The van der Waals surface area contributed by atoms with Crippen molar-refractivity contribution in [2.24, 2.45) is 5.41 Å². The van der Waals surface area contributed by atoms with E-state index in [-0.39, 0.29) is 12.8 Å². The molecule has 1 aromatic rings. The minimum Gasteiger partial charge on any atom is -0.480 e. The van der Waals surface area contributed by atoms with E-state index >= 15 is 0 Å². The summed E-state index contributed by atoms with van der Waals surface area (Å²) in [5.41, 5.74) is -0.665. The first-order chi connectivity index (χ1) is 8.95. The molecule has 1 aliphatic heterocycles. The number of piperidine rings is 1. The van der Waals surface area contributed by atoms with Gasteiger partial charge in [-0.25, -0.2) is 0 Å². The van der Waals surface area contributed by atoms with Crippen molar-refractivity contribution in [1.82, 2.24) is 0 Å². The van der Waals surface area contributed by atoms with Gasteiger partial charge in [0.05, 0.1) is 0 Å². The Kier molecular flexibility index (Phi) is 3.80. The molecule has 0 unspecified atom stereocenters. The average molecular weight is 328 g/mol. The number of halogens is 1. The monoisotopic (exact) mass is 327 g/mol. The third kappa shape index (κ3) is 2.58. The number of rotatable bonds is 3. The number of carboxylic acid groups (broad SMARTS) is 2. The lowest BCUT2D eigenvalue weighted by Crippen LogP contribution is -2.49. The summed E-state index contributed by atoms with van der Waals surface area (Å²) in [6.45, 7) is 0.851. The van der Waals surface area contributed by atoms with Gasteiger partial charge in [-0.15, -0.1) is 0 Å². The maximum atomic E-state index is 11.2. The van der Waals surface area contributed by atoms with Crippen LogP contribution in [0.5, 0.6) is 0 Å². The highest BCUT2D eigenvalue weighted by Gasteiger charge is 2.48. The Bertz CT molecular complexity index is 493. The first-order valence-corrected chi connectivity index (χ1v) is 6.72. The SMILES string of the molecule is O=C(O)C1(C(=O)O)CCN(c2cccc(Br)c2)CC1. The summed E-state index contributed by atoms with van der Waals surface area (Å²) in [6.07, 6.45) is 0.231. The van der Waals surface area contributed by atoms with Crippen LogP contribution in [0.4, 0.5) is 5.69 Å². The fraction of sp³-hybridized carbons (Fsp3) is 0.385. The van der Waals surface area contributed by atoms with Crippen LogP contribution < -0.4 is 4.90 Å². The Morgan fingerprint density at radius 2 is 1.74 bits per heavy atom. The molecule has 0 aromatic heterocycles. The fourth-order valence-corrected chi connectivity index (χ4v) is 2.73. The lowest BCUT2D eigenvalue weighted by atomic mass is 9.78. The predicted octanol–water partition coefficient (Wildman–Crippen LogP) is 2.20. The summed E-state index contributed by atoms with van der Waals surface area (Å²) >= 11 is 3.38. The summed E-state index contributed by atoms with van der Waals surface area (Å²) in [5, 5.41) is 18.3. The zero-order chi connectivity index (χ0) is 14.0. The minimum atomic E-state index is -1.64. The predicted molar refractivity (Wildman–Crippen MR) is 73.3 cm³/mol. The molecule has 0 spiro atoms. The van der Waals surface area contributed by atoms with Crippen LogP contribution in [0.15, 0.2) is 28.7 Å². The molecule has 0 bridgehead atoms. The zero-order valence-electron chi connectivity index (χ0n) is 10.2. The first kappa shape index (κ1) is 13.9. The molecule has 0 atom stereocenters. The molecule has 0 saturated carbocycles. The Balaban J connectivity index is 2.14. The van der Waals surface area contributed by atoms with E-state index in [0.717, 1.165) is 10.2 Å². The van der Waals surface area contributed by atoms with Crippen LogP contribution >= 0.6 is 15.9 Å². The van der Waals surface area contributed by atoms with Gasteiger partial charge in [-0.2, -0.15) is 0 Å². The number of anilines is 1. The maximum absolute atomic E-state index is 11.2. The third-order valence-corrected chi connectivity index (χ3v) is 4.10. The van der Waals surface area contributed by atoms with Gasteiger partial charge in [0, 0.05) is 23.2 Å². The number of aliphatic carboxylic acids is 2. The van der Waals surface area contributed by atoms with Gasteiger partial charge in [0.1, 0.15) is 0 Å². The van der Waals surface area contributed by atoms with Gasteiger partial charge < -0.3 is 15.1 Å². The van der Waals surface area contributed by atoms with Gasteiger partial charge >= 0.3 is 11.9 Å². The molecule has 2 N–H and O–H groups in total. The van der Waals surface area contributed by atoms with Crippen molar-refractivity contribution >= 4 is 33.6 Å². The smallest absolute Gasteiger partial charge is 0.321 e. The van der Waals surface area contributed by atoms with E-state index in [1.807, 2.05) is 29.2 Å². The molecule has 1 saturated heterocycles. The van der Waals surface area contributed by atoms with Gasteiger partial charge in [0.25, 0.3) is 0 Å². The highest BCUT2D eigenvalue weighted by Crippen LogP contribution is 2.34. The van der Waals surface area contributed by atoms with Crippen molar-refractivity contribution in [3.63, 3.8) is 0 Å². The Labute approximate surface area is 119 Å². The number of carbonyl (C=O) groups is 2. The molecule has 1 heterocycles. The van der Waals surface area contributed by atoms with Crippen LogP contribution in [0, 0.1) is 5.41 Å². The van der Waals surface area contributed by atoms with Crippen molar-refractivity contribution in [3.8, 4) is 0 Å². The Morgan fingerprint density at radius 1 is 1.16 bits per heavy atom. The largest absolute Gasteiger partial charge is 0.480 e. The summed E-state index contributed by atoms with van der Waals surface area (Å²) < 4.78 is 0.943. The van der Waals surface area contributed by atoms with E-state index in [1.165, 1.54) is 0 Å². The molecule has 0 radical (unpaired) electrons. The lowest BCUT2D eigenvalue weighted by molar-refractivity contribution is -0.166. The molecule has 0 amide bonds.